The second-order valence-corrected chi connectivity index (χ2v) is 5.80. The summed E-state index contributed by atoms with van der Waals surface area (Å²) < 4.78 is 2.11. The van der Waals surface area contributed by atoms with Crippen molar-refractivity contribution < 1.29 is 0 Å². The Morgan fingerprint density at radius 3 is 2.86 bits per heavy atom. The molecule has 0 unspecified atom stereocenters. The van der Waals surface area contributed by atoms with Gasteiger partial charge in [-0.05, 0) is 6.42 Å². The van der Waals surface area contributed by atoms with E-state index in [4.69, 9.17) is 0 Å². The number of fused-ring (bicyclic) bond motifs is 3. The maximum Gasteiger partial charge on any atom is 0.275 e. The van der Waals surface area contributed by atoms with E-state index in [0.717, 1.165) is 22.5 Å². The van der Waals surface area contributed by atoms with Crippen LogP contribution in [0.15, 0.2) is 23.5 Å². The summed E-state index contributed by atoms with van der Waals surface area (Å²) in [6, 6.07) is 0. The number of hydrogen-bond acceptors (Lipinski definition) is 6. The van der Waals surface area contributed by atoms with Crippen molar-refractivity contribution in [3.05, 3.63) is 29.1 Å². The molecule has 3 rings (SSSR count). The molecule has 0 bridgehead atoms. The molecule has 21 heavy (non-hydrogen) atoms. The van der Waals surface area contributed by atoms with E-state index >= 15 is 0 Å². The SMILES string of the molecule is CC/C=C/n1cnc2c(sc3ncnc(N(C)C)c32)c1=O. The normalized spacial score (nSPS) is 11.8. The van der Waals surface area contributed by atoms with Gasteiger partial charge in [-0.1, -0.05) is 13.0 Å². The first-order valence-corrected chi connectivity index (χ1v) is 7.43. The lowest BCUT2D eigenvalue weighted by Crippen LogP contribution is -2.15. The van der Waals surface area contributed by atoms with E-state index in [1.165, 1.54) is 22.2 Å². The van der Waals surface area contributed by atoms with Crippen LogP contribution in [0, 0.1) is 0 Å². The van der Waals surface area contributed by atoms with E-state index in [1.807, 2.05) is 32.0 Å². The molecule has 3 aromatic rings. The van der Waals surface area contributed by atoms with Gasteiger partial charge in [-0.2, -0.15) is 0 Å². The van der Waals surface area contributed by atoms with Gasteiger partial charge in [0.1, 0.15) is 33.5 Å². The molecule has 0 aromatic carbocycles. The number of anilines is 1. The standard InChI is InChI=1S/C14H15N5OS/c1-4-5-6-19-8-17-10-9-12(18(2)3)15-7-16-13(9)21-11(10)14(19)20/h5-8H,4H2,1-3H3/b6-5+. The van der Waals surface area contributed by atoms with Gasteiger partial charge in [0.25, 0.3) is 5.56 Å². The zero-order valence-corrected chi connectivity index (χ0v) is 12.9. The molecule has 3 aromatic heterocycles. The summed E-state index contributed by atoms with van der Waals surface area (Å²) in [5.41, 5.74) is 0.600. The fourth-order valence-electron chi connectivity index (χ4n) is 2.13. The maximum absolute atomic E-state index is 12.5. The van der Waals surface area contributed by atoms with Crippen LogP contribution >= 0.6 is 11.3 Å². The predicted octanol–water partition coefficient (Wildman–Crippen LogP) is 2.35. The summed E-state index contributed by atoms with van der Waals surface area (Å²) in [6.07, 6.45) is 7.61. The highest BCUT2D eigenvalue weighted by atomic mass is 32.1. The van der Waals surface area contributed by atoms with Crippen molar-refractivity contribution in [2.75, 3.05) is 19.0 Å². The smallest absolute Gasteiger partial charge is 0.275 e. The van der Waals surface area contributed by atoms with Crippen LogP contribution in [0.25, 0.3) is 26.6 Å². The van der Waals surface area contributed by atoms with E-state index in [0.29, 0.717) is 10.2 Å². The lowest BCUT2D eigenvalue weighted by molar-refractivity contribution is 1.02. The first kappa shape index (κ1) is 13.7. The zero-order chi connectivity index (χ0) is 15.0. The number of rotatable bonds is 3. The molecule has 0 aliphatic carbocycles. The van der Waals surface area contributed by atoms with Crippen LogP contribution in [0.3, 0.4) is 0 Å². The quantitative estimate of drug-likeness (QED) is 0.743. The highest BCUT2D eigenvalue weighted by molar-refractivity contribution is 7.25. The van der Waals surface area contributed by atoms with Crippen molar-refractivity contribution in [1.82, 2.24) is 19.5 Å². The maximum atomic E-state index is 12.5. The summed E-state index contributed by atoms with van der Waals surface area (Å²) >= 11 is 1.36. The number of nitrogens with zero attached hydrogens (tertiary/aromatic N) is 5. The molecule has 0 fully saturated rings. The van der Waals surface area contributed by atoms with Crippen molar-refractivity contribution in [2.45, 2.75) is 13.3 Å². The molecular weight excluding hydrogens is 286 g/mol. The first-order chi connectivity index (χ1) is 10.1. The molecule has 0 radical (unpaired) electrons. The topological polar surface area (TPSA) is 63.9 Å². The predicted molar refractivity (Wildman–Crippen MR) is 86.9 cm³/mol. The highest BCUT2D eigenvalue weighted by Gasteiger charge is 2.16. The van der Waals surface area contributed by atoms with Gasteiger partial charge >= 0.3 is 0 Å². The number of aromatic nitrogens is 4. The molecule has 108 valence electrons. The Kier molecular flexibility index (Phi) is 3.42. The second-order valence-electron chi connectivity index (χ2n) is 4.80. The summed E-state index contributed by atoms with van der Waals surface area (Å²) in [4.78, 5) is 28.2. The fourth-order valence-corrected chi connectivity index (χ4v) is 3.15. The monoisotopic (exact) mass is 301 g/mol. The third-order valence-electron chi connectivity index (χ3n) is 3.11. The van der Waals surface area contributed by atoms with Crippen LogP contribution in [-0.2, 0) is 0 Å². The van der Waals surface area contributed by atoms with Gasteiger partial charge in [-0.15, -0.1) is 11.3 Å². The van der Waals surface area contributed by atoms with E-state index in [-0.39, 0.29) is 5.56 Å². The minimum absolute atomic E-state index is 0.0718. The van der Waals surface area contributed by atoms with Gasteiger partial charge in [0.15, 0.2) is 0 Å². The van der Waals surface area contributed by atoms with E-state index in [9.17, 15) is 4.79 Å². The number of thiophene rings is 1. The summed E-state index contributed by atoms with van der Waals surface area (Å²) in [7, 11) is 3.83. The minimum Gasteiger partial charge on any atom is -0.362 e. The van der Waals surface area contributed by atoms with Gasteiger partial charge in [0.2, 0.25) is 0 Å². The van der Waals surface area contributed by atoms with Crippen molar-refractivity contribution >= 4 is 43.8 Å². The van der Waals surface area contributed by atoms with Crippen LogP contribution in [0.2, 0.25) is 0 Å². The highest BCUT2D eigenvalue weighted by Crippen LogP contribution is 2.33. The Labute approximate surface area is 125 Å². The Morgan fingerprint density at radius 1 is 1.33 bits per heavy atom. The Morgan fingerprint density at radius 2 is 2.14 bits per heavy atom. The molecule has 0 atom stereocenters. The van der Waals surface area contributed by atoms with E-state index in [2.05, 4.69) is 15.0 Å². The lowest BCUT2D eigenvalue weighted by Gasteiger charge is -2.11. The van der Waals surface area contributed by atoms with Crippen LogP contribution in [0.4, 0.5) is 5.82 Å². The first-order valence-electron chi connectivity index (χ1n) is 6.61. The van der Waals surface area contributed by atoms with Crippen molar-refractivity contribution in [3.63, 3.8) is 0 Å². The zero-order valence-electron chi connectivity index (χ0n) is 12.1. The molecule has 0 amide bonds. The molecule has 0 saturated carbocycles. The molecule has 3 heterocycles. The van der Waals surface area contributed by atoms with Gasteiger partial charge in [-0.3, -0.25) is 9.36 Å². The van der Waals surface area contributed by atoms with Crippen LogP contribution in [0.5, 0.6) is 0 Å². The summed E-state index contributed by atoms with van der Waals surface area (Å²) in [5, 5.41) is 0.839. The number of allylic oxidation sites excluding steroid dienone is 1. The summed E-state index contributed by atoms with van der Waals surface area (Å²) in [6.45, 7) is 2.02. The van der Waals surface area contributed by atoms with Crippen LogP contribution in [-0.4, -0.2) is 33.6 Å². The van der Waals surface area contributed by atoms with Crippen molar-refractivity contribution in [2.24, 2.45) is 0 Å². The Bertz CT molecular complexity index is 893. The van der Waals surface area contributed by atoms with Crippen LogP contribution < -0.4 is 10.5 Å². The van der Waals surface area contributed by atoms with Gasteiger partial charge in [-0.25, -0.2) is 15.0 Å². The third kappa shape index (κ3) is 2.19. The van der Waals surface area contributed by atoms with Gasteiger partial charge in [0, 0.05) is 20.3 Å². The fraction of sp³-hybridized carbons (Fsp3) is 0.286. The molecular formula is C14H15N5OS. The molecule has 0 spiro atoms. The average molecular weight is 301 g/mol. The van der Waals surface area contributed by atoms with E-state index in [1.54, 1.807) is 12.5 Å². The molecule has 6 nitrogen and oxygen atoms in total. The largest absolute Gasteiger partial charge is 0.362 e. The molecule has 0 saturated heterocycles. The Balaban J connectivity index is 2.37. The van der Waals surface area contributed by atoms with Gasteiger partial charge < -0.3 is 4.90 Å². The van der Waals surface area contributed by atoms with E-state index < -0.39 is 0 Å². The lowest BCUT2D eigenvalue weighted by atomic mass is 10.3. The minimum atomic E-state index is -0.0718. The average Bonchev–Trinajstić information content (AvgIpc) is 2.86. The second kappa shape index (κ2) is 5.25. The summed E-state index contributed by atoms with van der Waals surface area (Å²) in [5.74, 6) is 0.778. The third-order valence-corrected chi connectivity index (χ3v) is 4.18. The molecule has 7 heteroatoms. The van der Waals surface area contributed by atoms with Crippen LogP contribution in [0.1, 0.15) is 13.3 Å². The molecule has 0 aliphatic heterocycles. The number of hydrogen-bond donors (Lipinski definition) is 0. The molecule has 0 N–H and O–H groups in total. The molecule has 0 aliphatic rings. The van der Waals surface area contributed by atoms with Crippen molar-refractivity contribution in [1.29, 1.82) is 0 Å². The Hall–Kier alpha value is -2.28. The van der Waals surface area contributed by atoms with Crippen molar-refractivity contribution in [3.8, 4) is 0 Å². The van der Waals surface area contributed by atoms with Gasteiger partial charge in [0.05, 0.1) is 5.39 Å².